The summed E-state index contributed by atoms with van der Waals surface area (Å²) in [4.78, 5) is 13.0. The molecule has 2 atom stereocenters. The second kappa shape index (κ2) is 12.1. The fourth-order valence-electron chi connectivity index (χ4n) is 4.59. The van der Waals surface area contributed by atoms with Gasteiger partial charge in [-0.2, -0.15) is 0 Å². The third-order valence-corrected chi connectivity index (χ3v) is 6.54. The average molecular weight is 529 g/mol. The Morgan fingerprint density at radius 1 is 1.30 bits per heavy atom. The fourth-order valence-corrected chi connectivity index (χ4v) is 4.59. The van der Waals surface area contributed by atoms with E-state index in [4.69, 9.17) is 4.74 Å². The number of hydrogen-bond donors (Lipinski definition) is 1. The number of imidazole rings is 1. The zero-order valence-electron chi connectivity index (χ0n) is 19.5. The van der Waals surface area contributed by atoms with Gasteiger partial charge in [-0.25, -0.2) is 22.7 Å². The molecular weight excluding hydrogens is 494 g/mol. The quantitative estimate of drug-likeness (QED) is 0.289. The Balaban J connectivity index is 0.00000385. The van der Waals surface area contributed by atoms with Crippen LogP contribution in [0.4, 0.5) is 8.78 Å². The maximum Gasteiger partial charge on any atom is 0.343 e. The van der Waals surface area contributed by atoms with E-state index in [1.54, 1.807) is 30.3 Å². The lowest BCUT2D eigenvalue weighted by Gasteiger charge is -2.39. The lowest BCUT2D eigenvalue weighted by atomic mass is 9.72. The number of benzene rings is 1. The highest BCUT2D eigenvalue weighted by molar-refractivity contribution is 5.81. The van der Waals surface area contributed by atoms with Crippen LogP contribution in [-0.4, -0.2) is 28.2 Å². The van der Waals surface area contributed by atoms with E-state index in [9.17, 15) is 18.7 Å². The maximum atomic E-state index is 14.1. The summed E-state index contributed by atoms with van der Waals surface area (Å²) in [6.07, 6.45) is 6.77. The van der Waals surface area contributed by atoms with Crippen molar-refractivity contribution in [3.05, 3.63) is 54.1 Å². The molecule has 184 valence electrons. The molecular formula is C25H35BrF2N2O3. The Bertz CT molecular complexity index is 891. The van der Waals surface area contributed by atoms with Crippen LogP contribution in [0.1, 0.15) is 63.3 Å². The van der Waals surface area contributed by atoms with Crippen LogP contribution >= 0.6 is 0 Å². The lowest BCUT2D eigenvalue weighted by Crippen LogP contribution is -3.00. The SMILES string of the molecule is CCCC[n+]1ccn(CCCOC(=O)[C@](O)(c2ccccc2)[C@@H]2CCCC(F)(F)C2)c1C.[Br-]. The highest BCUT2D eigenvalue weighted by atomic mass is 79.9. The molecule has 0 aliphatic heterocycles. The molecule has 5 nitrogen and oxygen atoms in total. The molecule has 1 saturated carbocycles. The van der Waals surface area contributed by atoms with Gasteiger partial charge in [-0.05, 0) is 24.8 Å². The standard InChI is InChI=1S/C25H35F2N2O3.BrH/c1-3-4-14-28-16-17-29(20(28)2)15-9-18-32-23(30)25(31,21-10-6-5-7-11-21)22-12-8-13-24(26,27)19-22;/h5-7,10-11,16-17,22,31H,3-4,8-9,12-15,18-19H2,1-2H3;1H/q+1;/p-1/t22-,25+;/m1./s1. The van der Waals surface area contributed by atoms with Crippen LogP contribution in [0.5, 0.6) is 0 Å². The number of unbranched alkanes of at least 4 members (excludes halogenated alkanes) is 1. The van der Waals surface area contributed by atoms with E-state index in [2.05, 4.69) is 29.2 Å². The second-order valence-corrected chi connectivity index (χ2v) is 8.86. The third kappa shape index (κ3) is 6.63. The number of hydrogen-bond acceptors (Lipinski definition) is 3. The Kier molecular flexibility index (Phi) is 10.0. The van der Waals surface area contributed by atoms with E-state index < -0.39 is 29.8 Å². The molecule has 1 aromatic heterocycles. The van der Waals surface area contributed by atoms with Crippen LogP contribution in [0.2, 0.25) is 0 Å². The summed E-state index contributed by atoms with van der Waals surface area (Å²) in [5, 5.41) is 11.4. The Morgan fingerprint density at radius 2 is 2.03 bits per heavy atom. The highest BCUT2D eigenvalue weighted by Gasteiger charge is 2.52. The van der Waals surface area contributed by atoms with Crippen molar-refractivity contribution < 1.29 is 45.0 Å². The Labute approximate surface area is 205 Å². The number of aryl methyl sites for hydroxylation is 2. The molecule has 33 heavy (non-hydrogen) atoms. The number of aliphatic hydroxyl groups is 1. The molecule has 1 aliphatic carbocycles. The number of carbonyl (C=O) groups excluding carboxylic acids is 1. The predicted octanol–water partition coefficient (Wildman–Crippen LogP) is 1.53. The van der Waals surface area contributed by atoms with Crippen molar-refractivity contribution >= 4 is 5.97 Å². The first-order valence-corrected chi connectivity index (χ1v) is 11.7. The van der Waals surface area contributed by atoms with Gasteiger partial charge in [-0.3, -0.25) is 0 Å². The van der Waals surface area contributed by atoms with E-state index in [0.717, 1.165) is 25.2 Å². The van der Waals surface area contributed by atoms with Crippen molar-refractivity contribution in [3.63, 3.8) is 0 Å². The number of halogens is 3. The fraction of sp³-hybridized carbons (Fsp3) is 0.600. The van der Waals surface area contributed by atoms with Gasteiger partial charge in [0.15, 0.2) is 5.60 Å². The van der Waals surface area contributed by atoms with Crippen molar-refractivity contribution in [2.45, 2.75) is 83.4 Å². The molecule has 1 N–H and O–H groups in total. The summed E-state index contributed by atoms with van der Waals surface area (Å²) in [6.45, 7) is 5.97. The van der Waals surface area contributed by atoms with E-state index in [0.29, 0.717) is 24.9 Å². The van der Waals surface area contributed by atoms with E-state index in [1.165, 1.54) is 0 Å². The van der Waals surface area contributed by atoms with Gasteiger partial charge in [-0.1, -0.05) is 43.7 Å². The molecule has 8 heteroatoms. The number of ether oxygens (including phenoxy) is 1. The Morgan fingerprint density at radius 3 is 2.70 bits per heavy atom. The summed E-state index contributed by atoms with van der Waals surface area (Å²) in [7, 11) is 0. The first kappa shape index (κ1) is 27.4. The monoisotopic (exact) mass is 528 g/mol. The highest BCUT2D eigenvalue weighted by Crippen LogP contribution is 2.45. The summed E-state index contributed by atoms with van der Waals surface area (Å²) in [6, 6.07) is 8.35. The van der Waals surface area contributed by atoms with Crippen LogP contribution in [0, 0.1) is 12.8 Å². The molecule has 0 unspecified atom stereocenters. The van der Waals surface area contributed by atoms with Gasteiger partial charge >= 0.3 is 5.97 Å². The van der Waals surface area contributed by atoms with E-state index in [-0.39, 0.29) is 36.4 Å². The average Bonchev–Trinajstić information content (AvgIpc) is 3.13. The number of rotatable bonds is 10. The van der Waals surface area contributed by atoms with Crippen molar-refractivity contribution in [1.82, 2.24) is 4.57 Å². The number of esters is 1. The second-order valence-electron chi connectivity index (χ2n) is 8.86. The number of nitrogens with zero attached hydrogens (tertiary/aromatic N) is 2. The molecule has 1 fully saturated rings. The minimum atomic E-state index is -2.88. The van der Waals surface area contributed by atoms with Gasteiger partial charge in [0.25, 0.3) is 5.82 Å². The summed E-state index contributed by atoms with van der Waals surface area (Å²) in [5.41, 5.74) is -1.76. The van der Waals surface area contributed by atoms with Crippen LogP contribution in [0.15, 0.2) is 42.7 Å². The van der Waals surface area contributed by atoms with Crippen molar-refractivity contribution in [3.8, 4) is 0 Å². The molecule has 0 radical (unpaired) electrons. The molecule has 0 amide bonds. The summed E-state index contributed by atoms with van der Waals surface area (Å²) < 4.78 is 38.0. The van der Waals surface area contributed by atoms with Crippen molar-refractivity contribution in [1.29, 1.82) is 0 Å². The number of carbonyl (C=O) groups is 1. The first-order valence-electron chi connectivity index (χ1n) is 11.7. The lowest BCUT2D eigenvalue weighted by molar-refractivity contribution is -0.702. The van der Waals surface area contributed by atoms with Crippen molar-refractivity contribution in [2.75, 3.05) is 6.61 Å². The van der Waals surface area contributed by atoms with Gasteiger partial charge in [0.2, 0.25) is 5.92 Å². The Hall–Kier alpha value is -1.80. The van der Waals surface area contributed by atoms with Gasteiger partial charge in [-0.15, -0.1) is 0 Å². The molecule has 0 saturated heterocycles. The van der Waals surface area contributed by atoms with Crippen LogP contribution in [0.3, 0.4) is 0 Å². The van der Waals surface area contributed by atoms with Crippen LogP contribution < -0.4 is 21.5 Å². The maximum absolute atomic E-state index is 14.1. The van der Waals surface area contributed by atoms with Gasteiger partial charge in [0, 0.05) is 32.1 Å². The zero-order valence-corrected chi connectivity index (χ0v) is 21.1. The van der Waals surface area contributed by atoms with E-state index in [1.807, 2.05) is 6.20 Å². The smallest absolute Gasteiger partial charge is 0.343 e. The van der Waals surface area contributed by atoms with Gasteiger partial charge in [0.05, 0.1) is 19.7 Å². The molecule has 0 spiro atoms. The van der Waals surface area contributed by atoms with Crippen LogP contribution in [0.25, 0.3) is 0 Å². The van der Waals surface area contributed by atoms with Crippen molar-refractivity contribution in [2.24, 2.45) is 5.92 Å². The number of aromatic nitrogens is 2. The topological polar surface area (TPSA) is 55.3 Å². The zero-order chi connectivity index (χ0) is 23.2. The molecule has 1 heterocycles. The molecule has 3 rings (SSSR count). The largest absolute Gasteiger partial charge is 1.00 e. The third-order valence-electron chi connectivity index (χ3n) is 6.54. The summed E-state index contributed by atoms with van der Waals surface area (Å²) >= 11 is 0. The molecule has 1 aliphatic rings. The van der Waals surface area contributed by atoms with Crippen LogP contribution in [-0.2, 0) is 28.2 Å². The minimum Gasteiger partial charge on any atom is -1.00 e. The first-order chi connectivity index (χ1) is 15.3. The minimum absolute atomic E-state index is 0. The predicted molar refractivity (Wildman–Crippen MR) is 117 cm³/mol. The number of alkyl halides is 2. The summed E-state index contributed by atoms with van der Waals surface area (Å²) in [5.74, 6) is -3.47. The van der Waals surface area contributed by atoms with Gasteiger partial charge < -0.3 is 26.8 Å². The van der Waals surface area contributed by atoms with E-state index >= 15 is 0 Å². The van der Waals surface area contributed by atoms with Gasteiger partial charge in [0.1, 0.15) is 12.4 Å². The molecule has 2 aromatic rings. The molecule has 1 aromatic carbocycles. The molecule has 0 bridgehead atoms. The normalized spacial score (nSPS) is 19.4.